The van der Waals surface area contributed by atoms with Gasteiger partial charge >= 0.3 is 0 Å². The number of nitrogens with zero attached hydrogens (tertiary/aromatic N) is 3. The number of amides is 2. The van der Waals surface area contributed by atoms with Crippen LogP contribution in [0.5, 0.6) is 0 Å². The summed E-state index contributed by atoms with van der Waals surface area (Å²) in [6.45, 7) is 2.49. The lowest BCUT2D eigenvalue weighted by Gasteiger charge is -2.26. The number of rotatable bonds is 6. The van der Waals surface area contributed by atoms with Crippen molar-refractivity contribution in [1.82, 2.24) is 20.0 Å². The Bertz CT molecular complexity index is 781. The zero-order valence-electron chi connectivity index (χ0n) is 15.6. The molecule has 1 atom stereocenters. The van der Waals surface area contributed by atoms with Gasteiger partial charge in [0.2, 0.25) is 11.8 Å². The van der Waals surface area contributed by atoms with Crippen molar-refractivity contribution in [2.24, 2.45) is 7.05 Å². The van der Waals surface area contributed by atoms with E-state index in [0.717, 1.165) is 11.1 Å². The van der Waals surface area contributed by atoms with E-state index in [2.05, 4.69) is 15.7 Å². The number of carbonyl (C=O) groups is 2. The molecular formula is C19H25N5O3. The third-order valence-electron chi connectivity index (χ3n) is 4.55. The maximum absolute atomic E-state index is 12.5. The quantitative estimate of drug-likeness (QED) is 0.781. The van der Waals surface area contributed by atoms with Gasteiger partial charge in [0.05, 0.1) is 25.8 Å². The van der Waals surface area contributed by atoms with Crippen molar-refractivity contribution in [3.8, 4) is 0 Å². The van der Waals surface area contributed by atoms with Crippen LogP contribution in [0.1, 0.15) is 17.2 Å². The second-order valence-corrected chi connectivity index (χ2v) is 6.53. The SMILES string of the molecule is CNC(C(=O)Nc1ccc(CC(=O)N2CCOCC2)cc1)c1cnn(C)c1. The highest BCUT2D eigenvalue weighted by Crippen LogP contribution is 2.16. The first-order valence-electron chi connectivity index (χ1n) is 8.98. The van der Waals surface area contributed by atoms with E-state index in [-0.39, 0.29) is 11.8 Å². The molecule has 0 aliphatic carbocycles. The number of carbonyl (C=O) groups excluding carboxylic acids is 2. The predicted molar refractivity (Wildman–Crippen MR) is 101 cm³/mol. The molecule has 27 heavy (non-hydrogen) atoms. The first-order valence-corrected chi connectivity index (χ1v) is 8.98. The predicted octanol–water partition coefficient (Wildman–Crippen LogP) is 0.721. The molecule has 0 spiro atoms. The fraction of sp³-hybridized carbons (Fsp3) is 0.421. The molecule has 144 valence electrons. The highest BCUT2D eigenvalue weighted by molar-refractivity contribution is 5.95. The van der Waals surface area contributed by atoms with Crippen molar-refractivity contribution in [1.29, 1.82) is 0 Å². The molecule has 2 N–H and O–H groups in total. The Morgan fingerprint density at radius 2 is 1.93 bits per heavy atom. The number of ether oxygens (including phenoxy) is 1. The number of nitrogens with one attached hydrogen (secondary N) is 2. The average molecular weight is 371 g/mol. The smallest absolute Gasteiger partial charge is 0.246 e. The topological polar surface area (TPSA) is 88.5 Å². The first kappa shape index (κ1) is 19.1. The molecule has 0 radical (unpaired) electrons. The van der Waals surface area contributed by atoms with Gasteiger partial charge in [0.15, 0.2) is 0 Å². The maximum Gasteiger partial charge on any atom is 0.246 e. The fourth-order valence-corrected chi connectivity index (χ4v) is 3.06. The number of aryl methyl sites for hydroxylation is 1. The van der Waals surface area contributed by atoms with Crippen molar-refractivity contribution in [2.75, 3.05) is 38.7 Å². The summed E-state index contributed by atoms with van der Waals surface area (Å²) >= 11 is 0. The molecule has 1 saturated heterocycles. The van der Waals surface area contributed by atoms with Gasteiger partial charge in [0.25, 0.3) is 0 Å². The van der Waals surface area contributed by atoms with E-state index >= 15 is 0 Å². The Morgan fingerprint density at radius 1 is 1.22 bits per heavy atom. The van der Waals surface area contributed by atoms with Gasteiger partial charge in [-0.3, -0.25) is 14.3 Å². The summed E-state index contributed by atoms with van der Waals surface area (Å²) in [4.78, 5) is 26.7. The van der Waals surface area contributed by atoms with Crippen LogP contribution in [-0.4, -0.2) is 59.8 Å². The Hall–Kier alpha value is -2.71. The summed E-state index contributed by atoms with van der Waals surface area (Å²) in [5, 5.41) is 10.00. The van der Waals surface area contributed by atoms with E-state index in [4.69, 9.17) is 4.74 Å². The number of likely N-dealkylation sites (N-methyl/N-ethyl adjacent to an activating group) is 1. The third kappa shape index (κ3) is 4.93. The molecule has 2 heterocycles. The molecule has 0 bridgehead atoms. The number of aromatic nitrogens is 2. The molecule has 2 amide bonds. The van der Waals surface area contributed by atoms with Crippen molar-refractivity contribution in [3.63, 3.8) is 0 Å². The molecule has 1 aliphatic heterocycles. The Morgan fingerprint density at radius 3 is 2.52 bits per heavy atom. The summed E-state index contributed by atoms with van der Waals surface area (Å²) in [5.41, 5.74) is 2.40. The number of hydrogen-bond acceptors (Lipinski definition) is 5. The minimum atomic E-state index is -0.485. The van der Waals surface area contributed by atoms with E-state index in [1.165, 1.54) is 0 Å². The van der Waals surface area contributed by atoms with E-state index in [1.54, 1.807) is 24.1 Å². The summed E-state index contributed by atoms with van der Waals surface area (Å²) in [6, 6.07) is 6.88. The van der Waals surface area contributed by atoms with Crippen LogP contribution in [0, 0.1) is 0 Å². The molecule has 8 heteroatoms. The lowest BCUT2D eigenvalue weighted by Crippen LogP contribution is -2.41. The van der Waals surface area contributed by atoms with Gasteiger partial charge in [0.1, 0.15) is 6.04 Å². The standard InChI is InChI=1S/C19H25N5O3/c1-20-18(15-12-21-23(2)13-15)19(26)22-16-5-3-14(4-6-16)11-17(25)24-7-9-27-10-8-24/h3-6,12-13,18,20H,7-11H2,1-2H3,(H,22,26). The van der Waals surface area contributed by atoms with Gasteiger partial charge in [0, 0.05) is 37.6 Å². The molecule has 1 aromatic carbocycles. The second kappa shape index (κ2) is 8.79. The lowest BCUT2D eigenvalue weighted by molar-refractivity contribution is -0.134. The van der Waals surface area contributed by atoms with E-state index in [1.807, 2.05) is 36.2 Å². The van der Waals surface area contributed by atoms with Crippen LogP contribution in [0.3, 0.4) is 0 Å². The lowest BCUT2D eigenvalue weighted by atomic mass is 10.1. The average Bonchev–Trinajstić information content (AvgIpc) is 3.10. The summed E-state index contributed by atoms with van der Waals surface area (Å²) < 4.78 is 6.93. The Labute approximate surface area is 158 Å². The van der Waals surface area contributed by atoms with Crippen LogP contribution in [-0.2, 0) is 27.8 Å². The highest BCUT2D eigenvalue weighted by Gasteiger charge is 2.20. The van der Waals surface area contributed by atoms with Crippen LogP contribution in [0.25, 0.3) is 0 Å². The molecule has 1 aromatic heterocycles. The largest absolute Gasteiger partial charge is 0.378 e. The van der Waals surface area contributed by atoms with Crippen molar-refractivity contribution in [2.45, 2.75) is 12.5 Å². The van der Waals surface area contributed by atoms with Crippen molar-refractivity contribution in [3.05, 3.63) is 47.8 Å². The maximum atomic E-state index is 12.5. The number of anilines is 1. The molecule has 2 aromatic rings. The highest BCUT2D eigenvalue weighted by atomic mass is 16.5. The zero-order valence-corrected chi connectivity index (χ0v) is 15.6. The first-order chi connectivity index (χ1) is 13.1. The molecule has 1 fully saturated rings. The van der Waals surface area contributed by atoms with E-state index in [0.29, 0.717) is 38.4 Å². The summed E-state index contributed by atoms with van der Waals surface area (Å²) in [7, 11) is 3.54. The van der Waals surface area contributed by atoms with Crippen LogP contribution in [0.15, 0.2) is 36.7 Å². The van der Waals surface area contributed by atoms with Gasteiger partial charge < -0.3 is 20.3 Å². The van der Waals surface area contributed by atoms with Gasteiger partial charge in [-0.1, -0.05) is 12.1 Å². The van der Waals surface area contributed by atoms with Crippen molar-refractivity contribution < 1.29 is 14.3 Å². The second-order valence-electron chi connectivity index (χ2n) is 6.53. The summed E-state index contributed by atoms with van der Waals surface area (Å²) in [5.74, 6) is -0.0652. The van der Waals surface area contributed by atoms with Gasteiger partial charge in [-0.15, -0.1) is 0 Å². The van der Waals surface area contributed by atoms with Crippen LogP contribution in [0.4, 0.5) is 5.69 Å². The molecule has 1 unspecified atom stereocenters. The number of benzene rings is 1. The number of morpholine rings is 1. The third-order valence-corrected chi connectivity index (χ3v) is 4.55. The van der Waals surface area contributed by atoms with Crippen LogP contribution >= 0.6 is 0 Å². The molecule has 1 aliphatic rings. The van der Waals surface area contributed by atoms with Gasteiger partial charge in [-0.25, -0.2) is 0 Å². The minimum Gasteiger partial charge on any atom is -0.378 e. The molecule has 0 saturated carbocycles. The fourth-order valence-electron chi connectivity index (χ4n) is 3.06. The molecule has 8 nitrogen and oxygen atoms in total. The van der Waals surface area contributed by atoms with Crippen molar-refractivity contribution >= 4 is 17.5 Å². The zero-order chi connectivity index (χ0) is 19.2. The van der Waals surface area contributed by atoms with Gasteiger partial charge in [-0.05, 0) is 24.7 Å². The normalized spacial score (nSPS) is 15.4. The van der Waals surface area contributed by atoms with E-state index in [9.17, 15) is 9.59 Å². The van der Waals surface area contributed by atoms with Gasteiger partial charge in [-0.2, -0.15) is 5.10 Å². The van der Waals surface area contributed by atoms with Crippen LogP contribution in [0.2, 0.25) is 0 Å². The Kier molecular flexibility index (Phi) is 6.20. The van der Waals surface area contributed by atoms with Crippen LogP contribution < -0.4 is 10.6 Å². The number of hydrogen-bond donors (Lipinski definition) is 2. The summed E-state index contributed by atoms with van der Waals surface area (Å²) in [6.07, 6.45) is 3.82. The minimum absolute atomic E-state index is 0.0990. The molecular weight excluding hydrogens is 346 g/mol. The molecule has 3 rings (SSSR count). The Balaban J connectivity index is 1.58. The monoisotopic (exact) mass is 371 g/mol. The van der Waals surface area contributed by atoms with E-state index < -0.39 is 6.04 Å².